The van der Waals surface area contributed by atoms with Crippen LogP contribution in [0.4, 0.5) is 0 Å². The molecule has 0 unspecified atom stereocenters. The average molecular weight is 301 g/mol. The molecule has 1 aliphatic heterocycles. The Morgan fingerprint density at radius 3 is 2.74 bits per heavy atom. The van der Waals surface area contributed by atoms with Crippen LogP contribution in [0.5, 0.6) is 11.5 Å². The fourth-order valence-electron chi connectivity index (χ4n) is 2.75. The summed E-state index contributed by atoms with van der Waals surface area (Å²) in [6.07, 6.45) is 3.72. The quantitative estimate of drug-likeness (QED) is 0.713. The lowest BCUT2D eigenvalue weighted by Crippen LogP contribution is -2.05. The summed E-state index contributed by atoms with van der Waals surface area (Å²) in [5.41, 5.74) is 2.58. The van der Waals surface area contributed by atoms with Crippen LogP contribution in [0.15, 0.2) is 71.4 Å². The number of aromatic hydroxyl groups is 1. The monoisotopic (exact) mass is 301 g/mol. The van der Waals surface area contributed by atoms with E-state index in [-0.39, 0.29) is 5.75 Å². The van der Waals surface area contributed by atoms with Gasteiger partial charge < -0.3 is 9.84 Å². The first kappa shape index (κ1) is 13.6. The van der Waals surface area contributed by atoms with Crippen molar-refractivity contribution in [2.75, 3.05) is 6.61 Å². The third-order valence-electron chi connectivity index (χ3n) is 3.92. The van der Waals surface area contributed by atoms with Crippen LogP contribution in [0.25, 0.3) is 16.8 Å². The zero-order valence-electron chi connectivity index (χ0n) is 12.4. The Morgan fingerprint density at radius 2 is 1.78 bits per heavy atom. The van der Waals surface area contributed by atoms with Gasteiger partial charge in [0.05, 0.1) is 5.70 Å². The summed E-state index contributed by atoms with van der Waals surface area (Å²) in [7, 11) is 0. The number of ether oxygens (including phenoxy) is 1. The summed E-state index contributed by atoms with van der Waals surface area (Å²) in [6.45, 7) is 0.430. The molecule has 0 atom stereocenters. The average Bonchev–Trinajstić information content (AvgIpc) is 2.61. The molecule has 0 saturated carbocycles. The maximum atomic E-state index is 10.2. The van der Waals surface area contributed by atoms with E-state index >= 15 is 0 Å². The molecule has 1 aliphatic rings. The van der Waals surface area contributed by atoms with Gasteiger partial charge in [-0.15, -0.1) is 0 Å². The van der Waals surface area contributed by atoms with Crippen LogP contribution in [0.2, 0.25) is 0 Å². The molecule has 0 aliphatic carbocycles. The molecule has 23 heavy (non-hydrogen) atoms. The van der Waals surface area contributed by atoms with Crippen LogP contribution in [0.1, 0.15) is 11.1 Å². The van der Waals surface area contributed by atoms with Gasteiger partial charge >= 0.3 is 0 Å². The molecule has 0 aromatic heterocycles. The van der Waals surface area contributed by atoms with E-state index in [1.807, 2.05) is 60.7 Å². The summed E-state index contributed by atoms with van der Waals surface area (Å²) in [4.78, 5) is 4.51. The fraction of sp³-hybridized carbons (Fsp3) is 0.0500. The maximum absolute atomic E-state index is 10.2. The van der Waals surface area contributed by atoms with E-state index in [0.29, 0.717) is 6.61 Å². The van der Waals surface area contributed by atoms with Crippen LogP contribution in [0, 0.1) is 0 Å². The van der Waals surface area contributed by atoms with Gasteiger partial charge in [0, 0.05) is 17.3 Å². The van der Waals surface area contributed by atoms with Crippen molar-refractivity contribution in [3.63, 3.8) is 0 Å². The fourth-order valence-corrected chi connectivity index (χ4v) is 2.75. The highest BCUT2D eigenvalue weighted by Crippen LogP contribution is 2.28. The van der Waals surface area contributed by atoms with E-state index in [1.165, 1.54) is 0 Å². The molecular weight excluding hydrogens is 286 g/mol. The van der Waals surface area contributed by atoms with Gasteiger partial charge in [-0.1, -0.05) is 48.5 Å². The van der Waals surface area contributed by atoms with Crippen LogP contribution in [-0.2, 0) is 0 Å². The summed E-state index contributed by atoms with van der Waals surface area (Å²) < 4.78 is 5.70. The lowest BCUT2D eigenvalue weighted by molar-refractivity contribution is 0.346. The molecule has 0 spiro atoms. The smallest absolute Gasteiger partial charge is 0.130 e. The zero-order chi connectivity index (χ0) is 15.6. The topological polar surface area (TPSA) is 41.8 Å². The first-order valence-electron chi connectivity index (χ1n) is 7.48. The Morgan fingerprint density at radius 1 is 0.957 bits per heavy atom. The highest BCUT2D eigenvalue weighted by molar-refractivity contribution is 6.02. The largest absolute Gasteiger partial charge is 0.507 e. The predicted octanol–water partition coefficient (Wildman–Crippen LogP) is 4.40. The zero-order valence-corrected chi connectivity index (χ0v) is 12.4. The number of hydrogen-bond donors (Lipinski definition) is 1. The number of fused-ring (bicyclic) bond motifs is 2. The van der Waals surface area contributed by atoms with E-state index in [1.54, 1.807) is 12.3 Å². The van der Waals surface area contributed by atoms with Crippen molar-refractivity contribution in [2.45, 2.75) is 0 Å². The highest BCUT2D eigenvalue weighted by atomic mass is 16.5. The van der Waals surface area contributed by atoms with Crippen LogP contribution in [-0.4, -0.2) is 17.9 Å². The molecule has 3 heteroatoms. The minimum atomic E-state index is 0.227. The van der Waals surface area contributed by atoms with Crippen molar-refractivity contribution >= 4 is 23.1 Å². The van der Waals surface area contributed by atoms with E-state index in [4.69, 9.17) is 4.74 Å². The number of phenols is 1. The number of para-hydroxylation sites is 1. The van der Waals surface area contributed by atoms with Crippen molar-refractivity contribution in [1.29, 1.82) is 0 Å². The number of hydrogen-bond acceptors (Lipinski definition) is 3. The molecule has 3 aromatic rings. The lowest BCUT2D eigenvalue weighted by Gasteiger charge is -2.15. The SMILES string of the molecule is Oc1ccc2ccccc2c1C=NC1=Cc2ccccc2OC1. The first-order chi connectivity index (χ1) is 11.3. The second-order valence-corrected chi connectivity index (χ2v) is 5.44. The maximum Gasteiger partial charge on any atom is 0.130 e. The summed E-state index contributed by atoms with van der Waals surface area (Å²) in [5, 5.41) is 12.2. The number of rotatable bonds is 2. The van der Waals surface area contributed by atoms with Gasteiger partial charge in [-0.05, 0) is 29.0 Å². The van der Waals surface area contributed by atoms with Crippen LogP contribution < -0.4 is 4.74 Å². The first-order valence-corrected chi connectivity index (χ1v) is 7.48. The summed E-state index contributed by atoms with van der Waals surface area (Å²) in [5.74, 6) is 1.10. The Hall–Kier alpha value is -3.07. The molecule has 3 nitrogen and oxygen atoms in total. The van der Waals surface area contributed by atoms with E-state index < -0.39 is 0 Å². The van der Waals surface area contributed by atoms with Crippen molar-refractivity contribution in [2.24, 2.45) is 4.99 Å². The third kappa shape index (κ3) is 2.57. The Bertz CT molecular complexity index is 941. The minimum absolute atomic E-state index is 0.227. The molecule has 1 N–H and O–H groups in total. The van der Waals surface area contributed by atoms with Crippen molar-refractivity contribution < 1.29 is 9.84 Å². The molecule has 3 aromatic carbocycles. The van der Waals surface area contributed by atoms with Gasteiger partial charge in [-0.2, -0.15) is 0 Å². The summed E-state index contributed by atoms with van der Waals surface area (Å²) >= 11 is 0. The Balaban J connectivity index is 1.73. The Labute approximate surface area is 134 Å². The molecule has 0 fully saturated rings. The van der Waals surface area contributed by atoms with Crippen molar-refractivity contribution in [3.05, 3.63) is 77.5 Å². The Kier molecular flexibility index (Phi) is 3.31. The molecule has 0 saturated heterocycles. The van der Waals surface area contributed by atoms with E-state index in [9.17, 15) is 5.11 Å². The predicted molar refractivity (Wildman–Crippen MR) is 93.1 cm³/mol. The second-order valence-electron chi connectivity index (χ2n) is 5.44. The summed E-state index contributed by atoms with van der Waals surface area (Å²) in [6, 6.07) is 19.4. The van der Waals surface area contributed by atoms with Gasteiger partial charge in [0.1, 0.15) is 18.1 Å². The lowest BCUT2D eigenvalue weighted by atomic mass is 10.0. The molecule has 0 bridgehead atoms. The van der Waals surface area contributed by atoms with Crippen molar-refractivity contribution in [3.8, 4) is 11.5 Å². The standard InChI is InChI=1S/C20H15NO2/c22-19-10-9-14-5-1-3-7-17(14)18(19)12-21-16-11-15-6-2-4-8-20(15)23-13-16/h1-12,22H,13H2. The van der Waals surface area contributed by atoms with E-state index in [2.05, 4.69) is 4.99 Å². The molecule has 1 heterocycles. The minimum Gasteiger partial charge on any atom is -0.507 e. The van der Waals surface area contributed by atoms with E-state index in [0.717, 1.165) is 33.3 Å². The van der Waals surface area contributed by atoms with Crippen LogP contribution >= 0.6 is 0 Å². The number of phenolic OH excluding ortho intramolecular Hbond substituents is 1. The van der Waals surface area contributed by atoms with Gasteiger partial charge in [0.15, 0.2) is 0 Å². The third-order valence-corrected chi connectivity index (χ3v) is 3.92. The number of benzene rings is 3. The molecule has 4 rings (SSSR count). The molecule has 0 amide bonds. The van der Waals surface area contributed by atoms with Gasteiger partial charge in [-0.25, -0.2) is 0 Å². The molecular formula is C20H15NO2. The molecule has 112 valence electrons. The van der Waals surface area contributed by atoms with Crippen LogP contribution in [0.3, 0.4) is 0 Å². The van der Waals surface area contributed by atoms with Gasteiger partial charge in [0.25, 0.3) is 0 Å². The number of nitrogens with zero attached hydrogens (tertiary/aromatic N) is 1. The second kappa shape index (κ2) is 5.61. The highest BCUT2D eigenvalue weighted by Gasteiger charge is 2.10. The van der Waals surface area contributed by atoms with Gasteiger partial charge in [0.2, 0.25) is 0 Å². The van der Waals surface area contributed by atoms with Crippen molar-refractivity contribution in [1.82, 2.24) is 0 Å². The normalized spacial score (nSPS) is 13.7. The molecule has 0 radical (unpaired) electrons. The van der Waals surface area contributed by atoms with Gasteiger partial charge in [-0.3, -0.25) is 4.99 Å². The number of aliphatic imine (C=N–C) groups is 1.